The first-order chi connectivity index (χ1) is 8.57. The Bertz CT molecular complexity index is 517. The van der Waals surface area contributed by atoms with Gasteiger partial charge < -0.3 is 0 Å². The molecular weight excluding hydrogens is 321 g/mol. The second kappa shape index (κ2) is 5.67. The van der Waals surface area contributed by atoms with Crippen molar-refractivity contribution in [2.24, 2.45) is 0 Å². The third-order valence-electron chi connectivity index (χ3n) is 3.21. The molecule has 1 aromatic carbocycles. The zero-order valence-corrected chi connectivity index (χ0v) is 12.3. The first-order valence-corrected chi connectivity index (χ1v) is 8.46. The number of nitrogens with zero attached hydrogens (tertiary/aromatic N) is 1. The zero-order valence-electron chi connectivity index (χ0n) is 9.85. The summed E-state index contributed by atoms with van der Waals surface area (Å²) in [4.78, 5) is -0.224. The SMILES string of the molecule is O=S(=O)(c1ccccc1F)N(CCBr)C1CCC1. The van der Waals surface area contributed by atoms with E-state index in [1.165, 1.54) is 22.5 Å². The van der Waals surface area contributed by atoms with E-state index in [-0.39, 0.29) is 10.9 Å². The second-order valence-corrected chi connectivity index (χ2v) is 6.97. The molecule has 0 bridgehead atoms. The van der Waals surface area contributed by atoms with Crippen molar-refractivity contribution in [3.8, 4) is 0 Å². The van der Waals surface area contributed by atoms with Gasteiger partial charge in [-0.3, -0.25) is 0 Å². The lowest BCUT2D eigenvalue weighted by atomic mass is 9.93. The molecule has 0 amide bonds. The van der Waals surface area contributed by atoms with Crippen molar-refractivity contribution in [3.05, 3.63) is 30.1 Å². The molecule has 1 fully saturated rings. The molecule has 0 heterocycles. The van der Waals surface area contributed by atoms with E-state index in [0.717, 1.165) is 19.3 Å². The van der Waals surface area contributed by atoms with Crippen LogP contribution in [0.25, 0.3) is 0 Å². The van der Waals surface area contributed by atoms with Crippen LogP contribution in [-0.2, 0) is 10.0 Å². The highest BCUT2D eigenvalue weighted by atomic mass is 79.9. The largest absolute Gasteiger partial charge is 0.246 e. The van der Waals surface area contributed by atoms with E-state index in [4.69, 9.17) is 0 Å². The average molecular weight is 336 g/mol. The molecule has 0 atom stereocenters. The molecule has 1 aliphatic rings. The maximum absolute atomic E-state index is 13.7. The molecule has 3 nitrogen and oxygen atoms in total. The van der Waals surface area contributed by atoms with E-state index < -0.39 is 15.8 Å². The molecule has 0 aliphatic heterocycles. The molecule has 100 valence electrons. The van der Waals surface area contributed by atoms with Gasteiger partial charge in [0.2, 0.25) is 10.0 Å². The van der Waals surface area contributed by atoms with Gasteiger partial charge in [0.1, 0.15) is 10.7 Å². The van der Waals surface area contributed by atoms with Gasteiger partial charge in [0.15, 0.2) is 0 Å². The predicted molar refractivity (Wildman–Crippen MR) is 71.7 cm³/mol. The van der Waals surface area contributed by atoms with E-state index in [9.17, 15) is 12.8 Å². The summed E-state index contributed by atoms with van der Waals surface area (Å²) in [7, 11) is -3.73. The normalized spacial score (nSPS) is 16.8. The fourth-order valence-corrected chi connectivity index (χ4v) is 4.41. The third-order valence-corrected chi connectivity index (χ3v) is 5.55. The van der Waals surface area contributed by atoms with Crippen LogP contribution >= 0.6 is 15.9 Å². The van der Waals surface area contributed by atoms with Gasteiger partial charge >= 0.3 is 0 Å². The summed E-state index contributed by atoms with van der Waals surface area (Å²) in [6.07, 6.45) is 2.76. The molecule has 18 heavy (non-hydrogen) atoms. The average Bonchev–Trinajstić information content (AvgIpc) is 2.26. The fourth-order valence-electron chi connectivity index (χ4n) is 2.04. The van der Waals surface area contributed by atoms with Crippen molar-refractivity contribution in [2.45, 2.75) is 30.2 Å². The van der Waals surface area contributed by atoms with Crippen molar-refractivity contribution in [2.75, 3.05) is 11.9 Å². The minimum Gasteiger partial charge on any atom is -0.207 e. The molecule has 0 saturated heterocycles. The Morgan fingerprint density at radius 2 is 2.00 bits per heavy atom. The first kappa shape index (κ1) is 14.0. The lowest BCUT2D eigenvalue weighted by Crippen LogP contribution is -2.45. The minimum atomic E-state index is -3.73. The van der Waals surface area contributed by atoms with Crippen molar-refractivity contribution < 1.29 is 12.8 Å². The van der Waals surface area contributed by atoms with Crippen LogP contribution < -0.4 is 0 Å². The number of benzene rings is 1. The standard InChI is InChI=1S/C12H15BrFNO2S/c13-8-9-15(10-4-3-5-10)18(16,17)12-7-2-1-6-11(12)14/h1-2,6-7,10H,3-5,8-9H2. The summed E-state index contributed by atoms with van der Waals surface area (Å²) in [6.45, 7) is 0.376. The maximum Gasteiger partial charge on any atom is 0.246 e. The Hall–Kier alpha value is -0.460. The van der Waals surface area contributed by atoms with Crippen LogP contribution in [0.15, 0.2) is 29.2 Å². The van der Waals surface area contributed by atoms with Crippen LogP contribution in [0, 0.1) is 5.82 Å². The Balaban J connectivity index is 2.36. The fraction of sp³-hybridized carbons (Fsp3) is 0.500. The predicted octanol–water partition coefficient (Wildman–Crippen LogP) is 2.76. The number of hydrogen-bond donors (Lipinski definition) is 0. The van der Waals surface area contributed by atoms with Crippen molar-refractivity contribution in [1.82, 2.24) is 4.31 Å². The van der Waals surface area contributed by atoms with E-state index in [1.807, 2.05) is 0 Å². The summed E-state index contributed by atoms with van der Waals surface area (Å²) >= 11 is 3.26. The Morgan fingerprint density at radius 1 is 1.33 bits per heavy atom. The number of rotatable bonds is 5. The number of halogens is 2. The van der Waals surface area contributed by atoms with Gasteiger partial charge in [0, 0.05) is 17.9 Å². The summed E-state index contributed by atoms with van der Waals surface area (Å²) in [5.41, 5.74) is 0. The highest BCUT2D eigenvalue weighted by Crippen LogP contribution is 2.30. The first-order valence-electron chi connectivity index (χ1n) is 5.89. The number of alkyl halides is 1. The highest BCUT2D eigenvalue weighted by Gasteiger charge is 2.35. The third kappa shape index (κ3) is 2.60. The van der Waals surface area contributed by atoms with Crippen molar-refractivity contribution in [3.63, 3.8) is 0 Å². The molecule has 2 rings (SSSR count). The lowest BCUT2D eigenvalue weighted by Gasteiger charge is -2.36. The van der Waals surface area contributed by atoms with Crippen LogP contribution in [0.5, 0.6) is 0 Å². The Kier molecular flexibility index (Phi) is 4.40. The van der Waals surface area contributed by atoms with Gasteiger partial charge in [-0.2, -0.15) is 4.31 Å². The lowest BCUT2D eigenvalue weighted by molar-refractivity contribution is 0.227. The van der Waals surface area contributed by atoms with Gasteiger partial charge in [-0.1, -0.05) is 34.5 Å². The van der Waals surface area contributed by atoms with E-state index in [0.29, 0.717) is 11.9 Å². The van der Waals surface area contributed by atoms with E-state index in [2.05, 4.69) is 15.9 Å². The molecular formula is C12H15BrFNO2S. The molecule has 0 spiro atoms. The zero-order chi connectivity index (χ0) is 13.2. The van der Waals surface area contributed by atoms with Gasteiger partial charge in [-0.25, -0.2) is 12.8 Å². The van der Waals surface area contributed by atoms with Gasteiger partial charge in [0.25, 0.3) is 0 Å². The molecule has 1 aromatic rings. The quantitative estimate of drug-likeness (QED) is 0.776. The van der Waals surface area contributed by atoms with Crippen LogP contribution in [-0.4, -0.2) is 30.6 Å². The molecule has 0 aromatic heterocycles. The van der Waals surface area contributed by atoms with Crippen LogP contribution in [0.2, 0.25) is 0 Å². The van der Waals surface area contributed by atoms with Crippen molar-refractivity contribution in [1.29, 1.82) is 0 Å². The minimum absolute atomic E-state index is 0.0205. The van der Waals surface area contributed by atoms with Crippen LogP contribution in [0.4, 0.5) is 4.39 Å². The monoisotopic (exact) mass is 335 g/mol. The topological polar surface area (TPSA) is 37.4 Å². The van der Waals surface area contributed by atoms with Gasteiger partial charge in [-0.15, -0.1) is 0 Å². The number of hydrogen-bond acceptors (Lipinski definition) is 2. The summed E-state index contributed by atoms with van der Waals surface area (Å²) in [6, 6.07) is 5.56. The molecule has 1 aliphatic carbocycles. The summed E-state index contributed by atoms with van der Waals surface area (Å²) < 4.78 is 40.0. The Morgan fingerprint density at radius 3 is 2.50 bits per heavy atom. The molecule has 6 heteroatoms. The van der Waals surface area contributed by atoms with E-state index >= 15 is 0 Å². The smallest absolute Gasteiger partial charge is 0.207 e. The van der Waals surface area contributed by atoms with Gasteiger partial charge in [0.05, 0.1) is 0 Å². The second-order valence-electron chi connectivity index (χ2n) is 4.32. The number of sulfonamides is 1. The van der Waals surface area contributed by atoms with E-state index in [1.54, 1.807) is 6.07 Å². The molecule has 0 N–H and O–H groups in total. The Labute approximate surface area is 115 Å². The molecule has 0 unspecified atom stereocenters. The van der Waals surface area contributed by atoms with Crippen molar-refractivity contribution >= 4 is 26.0 Å². The highest BCUT2D eigenvalue weighted by molar-refractivity contribution is 9.09. The summed E-state index contributed by atoms with van der Waals surface area (Å²) in [5.74, 6) is -0.684. The molecule has 0 radical (unpaired) electrons. The van der Waals surface area contributed by atoms with Crippen LogP contribution in [0.3, 0.4) is 0 Å². The maximum atomic E-state index is 13.7. The van der Waals surface area contributed by atoms with Crippen LogP contribution in [0.1, 0.15) is 19.3 Å². The van der Waals surface area contributed by atoms with Gasteiger partial charge in [-0.05, 0) is 25.0 Å². The summed E-state index contributed by atoms with van der Waals surface area (Å²) in [5, 5.41) is 0.553. The molecule has 1 saturated carbocycles.